The number of benzene rings is 8. The van der Waals surface area contributed by atoms with E-state index in [0.717, 1.165) is 71.9 Å². The van der Waals surface area contributed by atoms with E-state index in [4.69, 9.17) is 14.4 Å². The van der Waals surface area contributed by atoms with Crippen molar-refractivity contribution in [3.8, 4) is 39.6 Å². The Morgan fingerprint density at radius 1 is 0.456 bits per heavy atom. The molecule has 0 saturated heterocycles. The number of hydrogen-bond donors (Lipinski definition) is 0. The summed E-state index contributed by atoms with van der Waals surface area (Å²) in [6.07, 6.45) is 0. The van der Waals surface area contributed by atoms with E-state index in [1.54, 1.807) is 0 Å². The average molecular weight is 788 g/mol. The van der Waals surface area contributed by atoms with Crippen LogP contribution in [0.25, 0.3) is 83.3 Å². The fourth-order valence-electron chi connectivity index (χ4n) is 9.54. The molecule has 0 radical (unpaired) electrons. The van der Waals surface area contributed by atoms with Crippen molar-refractivity contribution in [2.75, 3.05) is 0 Å². The van der Waals surface area contributed by atoms with Gasteiger partial charge in [0.15, 0.2) is 0 Å². The second-order valence-electron chi connectivity index (χ2n) is 14.9. The van der Waals surface area contributed by atoms with Crippen molar-refractivity contribution >= 4 is 74.6 Å². The van der Waals surface area contributed by atoms with Gasteiger partial charge in [-0.2, -0.15) is 0 Å². The van der Waals surface area contributed by atoms with E-state index in [1.165, 1.54) is 23.1 Å². The van der Waals surface area contributed by atoms with Crippen molar-refractivity contribution in [1.82, 2.24) is 14.5 Å². The van der Waals surface area contributed by atoms with Crippen LogP contribution in [-0.2, 0) is 0 Å². The van der Waals surface area contributed by atoms with Gasteiger partial charge in [0.05, 0.1) is 0 Å². The Morgan fingerprint density at radius 3 is 1.88 bits per heavy atom. The number of rotatable bonds is 5. The summed E-state index contributed by atoms with van der Waals surface area (Å²) in [6.45, 7) is 0. The van der Waals surface area contributed by atoms with Crippen molar-refractivity contribution < 1.29 is 4.42 Å². The molecule has 0 spiro atoms. The van der Waals surface area contributed by atoms with Crippen LogP contribution in [-0.4, -0.2) is 27.8 Å². The SMILES string of the molecule is c1ccc(-c2nc(-c3cccc(-n4c5ccccc5c5c6oc7ccccc7c6ccc54)c3)nc3[c]2[Ge]([c]2ccccc2)([c]2ccccc2)[c]2ccccc2-3)cc1. The molecular formula is C52H33GeN3O. The van der Waals surface area contributed by atoms with Crippen LogP contribution in [0.3, 0.4) is 0 Å². The van der Waals surface area contributed by atoms with Gasteiger partial charge in [0, 0.05) is 5.39 Å². The summed E-state index contributed by atoms with van der Waals surface area (Å²) in [7, 11) is 0. The third-order valence-electron chi connectivity index (χ3n) is 11.9. The van der Waals surface area contributed by atoms with Gasteiger partial charge in [-0.05, 0) is 6.07 Å². The molecule has 57 heavy (non-hydrogen) atoms. The van der Waals surface area contributed by atoms with Crippen LogP contribution in [0, 0.1) is 0 Å². The molecule has 1 aliphatic heterocycles. The molecule has 11 aromatic rings. The van der Waals surface area contributed by atoms with E-state index < -0.39 is 13.3 Å². The van der Waals surface area contributed by atoms with E-state index in [2.05, 4.69) is 199 Å². The third-order valence-corrected chi connectivity index (χ3v) is 22.1. The Morgan fingerprint density at radius 2 is 1.09 bits per heavy atom. The van der Waals surface area contributed by atoms with E-state index in [0.29, 0.717) is 5.82 Å². The quantitative estimate of drug-likeness (QED) is 0.163. The predicted octanol–water partition coefficient (Wildman–Crippen LogP) is 10.2. The topological polar surface area (TPSA) is 43.9 Å². The molecule has 0 aliphatic carbocycles. The zero-order chi connectivity index (χ0) is 37.5. The molecule has 12 rings (SSSR count). The maximum atomic E-state index is 6.59. The zero-order valence-corrected chi connectivity index (χ0v) is 32.9. The molecule has 0 saturated carbocycles. The molecule has 3 aromatic heterocycles. The minimum atomic E-state index is -3.65. The molecule has 8 aromatic carbocycles. The van der Waals surface area contributed by atoms with Crippen LogP contribution in [0.4, 0.5) is 0 Å². The maximum absolute atomic E-state index is 6.59. The van der Waals surface area contributed by atoms with Crippen molar-refractivity contribution in [3.63, 3.8) is 0 Å². The summed E-state index contributed by atoms with van der Waals surface area (Å²) >= 11 is -3.65. The molecule has 0 N–H and O–H groups in total. The standard InChI is InChI=1S/C52H33GeN3O/c1-4-17-34(18-5-1)49-48-50(41-26-10-13-28-43(41)53(48,36-20-6-2-7-21-36)37-22-8-3-9-23-37)55-52(54-49)35-19-16-24-38(33-35)56-44-29-14-11-27-42(44)47-45(56)32-31-40-39-25-12-15-30-46(39)57-51(40)47/h1-33H. The molecule has 0 fully saturated rings. The summed E-state index contributed by atoms with van der Waals surface area (Å²) in [6, 6.07) is 72.1. The first-order valence-corrected chi connectivity index (χ1v) is 23.6. The Hall–Kier alpha value is -7.02. The van der Waals surface area contributed by atoms with E-state index in [1.807, 2.05) is 6.07 Å². The Bertz CT molecular complexity index is 3310. The molecule has 0 atom stereocenters. The van der Waals surface area contributed by atoms with Crippen molar-refractivity contribution in [3.05, 3.63) is 200 Å². The first-order valence-electron chi connectivity index (χ1n) is 19.4. The zero-order valence-electron chi connectivity index (χ0n) is 30.8. The number of fused-ring (bicyclic) bond motifs is 10. The molecule has 0 unspecified atom stereocenters. The van der Waals surface area contributed by atoms with Gasteiger partial charge in [-0.15, -0.1) is 0 Å². The molecule has 0 amide bonds. The third kappa shape index (κ3) is 4.62. The monoisotopic (exact) mass is 789 g/mol. The van der Waals surface area contributed by atoms with Crippen LogP contribution in [0.15, 0.2) is 205 Å². The van der Waals surface area contributed by atoms with Gasteiger partial charge in [0.25, 0.3) is 0 Å². The van der Waals surface area contributed by atoms with Crippen LogP contribution in [0.2, 0.25) is 0 Å². The Balaban J connectivity index is 1.13. The summed E-state index contributed by atoms with van der Waals surface area (Å²) < 4.78 is 14.4. The second-order valence-corrected chi connectivity index (χ2v) is 22.6. The number of para-hydroxylation sites is 2. The molecule has 4 nitrogen and oxygen atoms in total. The molecular weight excluding hydrogens is 755 g/mol. The van der Waals surface area contributed by atoms with Gasteiger partial charge in [-0.3, -0.25) is 0 Å². The van der Waals surface area contributed by atoms with Gasteiger partial charge in [0.1, 0.15) is 5.58 Å². The fraction of sp³-hybridized carbons (Fsp3) is 0. The Labute approximate surface area is 331 Å². The van der Waals surface area contributed by atoms with Gasteiger partial charge in [-0.25, -0.2) is 0 Å². The van der Waals surface area contributed by atoms with E-state index >= 15 is 0 Å². The molecule has 4 heterocycles. The van der Waals surface area contributed by atoms with Gasteiger partial charge in [-0.1, -0.05) is 18.2 Å². The summed E-state index contributed by atoms with van der Waals surface area (Å²) in [5.41, 5.74) is 10.4. The predicted molar refractivity (Wildman–Crippen MR) is 237 cm³/mol. The molecule has 5 heteroatoms. The van der Waals surface area contributed by atoms with Gasteiger partial charge in [0.2, 0.25) is 0 Å². The number of nitrogens with zero attached hydrogens (tertiary/aromatic N) is 3. The minimum absolute atomic E-state index is 0.712. The van der Waals surface area contributed by atoms with Crippen LogP contribution >= 0.6 is 0 Å². The first-order chi connectivity index (χ1) is 28.3. The average Bonchev–Trinajstić information content (AvgIpc) is 3.94. The van der Waals surface area contributed by atoms with Crippen molar-refractivity contribution in [1.29, 1.82) is 0 Å². The molecule has 0 bridgehead atoms. The summed E-state index contributed by atoms with van der Waals surface area (Å²) in [4.78, 5) is 11.3. The van der Waals surface area contributed by atoms with Crippen molar-refractivity contribution in [2.45, 2.75) is 0 Å². The van der Waals surface area contributed by atoms with Gasteiger partial charge >= 0.3 is 298 Å². The van der Waals surface area contributed by atoms with E-state index in [-0.39, 0.29) is 0 Å². The second kappa shape index (κ2) is 12.5. The van der Waals surface area contributed by atoms with Crippen LogP contribution < -0.4 is 17.6 Å². The summed E-state index contributed by atoms with van der Waals surface area (Å²) in [5.74, 6) is 0.712. The normalized spacial score (nSPS) is 13.1. The van der Waals surface area contributed by atoms with Crippen LogP contribution in [0.1, 0.15) is 0 Å². The number of aromatic nitrogens is 3. The summed E-state index contributed by atoms with van der Waals surface area (Å²) in [5, 5.41) is 4.53. The first kappa shape index (κ1) is 32.2. The molecule has 1 aliphatic rings. The van der Waals surface area contributed by atoms with E-state index in [9.17, 15) is 0 Å². The van der Waals surface area contributed by atoms with Crippen LogP contribution in [0.5, 0.6) is 0 Å². The number of hydrogen-bond acceptors (Lipinski definition) is 3. The molecule has 266 valence electrons. The van der Waals surface area contributed by atoms with Crippen molar-refractivity contribution in [2.24, 2.45) is 0 Å². The Kier molecular flexibility index (Phi) is 7.07. The fourth-order valence-corrected chi connectivity index (χ4v) is 20.5. The number of furan rings is 1. The van der Waals surface area contributed by atoms with Gasteiger partial charge < -0.3 is 0 Å².